The molecule has 1 aliphatic rings. The van der Waals surface area contributed by atoms with E-state index in [1.165, 1.54) is 13.4 Å². The van der Waals surface area contributed by atoms with E-state index in [0.29, 0.717) is 28.0 Å². The zero-order valence-electron chi connectivity index (χ0n) is 8.48. The van der Waals surface area contributed by atoms with Crippen LogP contribution in [-0.4, -0.2) is 19.9 Å². The first-order valence-electron chi connectivity index (χ1n) is 4.69. The molecule has 0 N–H and O–H groups in total. The number of hydrogen-bond donors (Lipinski definition) is 0. The molecule has 0 fully saturated rings. The van der Waals surface area contributed by atoms with Crippen molar-refractivity contribution in [1.29, 1.82) is 0 Å². The monoisotopic (exact) mass is 220 g/mol. The van der Waals surface area contributed by atoms with Gasteiger partial charge in [-0.25, -0.2) is 4.79 Å². The second-order valence-electron chi connectivity index (χ2n) is 3.32. The van der Waals surface area contributed by atoms with E-state index in [2.05, 4.69) is 4.74 Å². The van der Waals surface area contributed by atoms with Crippen molar-refractivity contribution in [2.75, 3.05) is 13.9 Å². The average molecular weight is 220 g/mol. The van der Waals surface area contributed by atoms with Crippen molar-refractivity contribution in [2.24, 2.45) is 0 Å². The Morgan fingerprint density at radius 1 is 1.38 bits per heavy atom. The fraction of sp³-hybridized carbons (Fsp3) is 0.182. The molecule has 5 nitrogen and oxygen atoms in total. The van der Waals surface area contributed by atoms with Crippen molar-refractivity contribution >= 4 is 16.9 Å². The van der Waals surface area contributed by atoms with Gasteiger partial charge in [-0.15, -0.1) is 0 Å². The molecule has 0 unspecified atom stereocenters. The van der Waals surface area contributed by atoms with Crippen LogP contribution < -0.4 is 9.47 Å². The first kappa shape index (κ1) is 9.08. The highest BCUT2D eigenvalue weighted by atomic mass is 16.7. The third-order valence-corrected chi connectivity index (χ3v) is 2.48. The van der Waals surface area contributed by atoms with Crippen LogP contribution in [0.4, 0.5) is 0 Å². The van der Waals surface area contributed by atoms with Crippen LogP contribution in [-0.2, 0) is 4.74 Å². The number of hydrogen-bond acceptors (Lipinski definition) is 5. The second kappa shape index (κ2) is 3.16. The molecule has 0 spiro atoms. The Morgan fingerprint density at radius 3 is 3.06 bits per heavy atom. The van der Waals surface area contributed by atoms with Crippen LogP contribution in [0.5, 0.6) is 11.5 Å². The van der Waals surface area contributed by atoms with E-state index in [0.717, 1.165) is 0 Å². The van der Waals surface area contributed by atoms with Gasteiger partial charge in [0.05, 0.1) is 7.11 Å². The molecular formula is C11H8O5. The number of furan rings is 1. The lowest BCUT2D eigenvalue weighted by Gasteiger charge is -1.97. The second-order valence-corrected chi connectivity index (χ2v) is 3.32. The molecular weight excluding hydrogens is 212 g/mol. The average Bonchev–Trinajstić information content (AvgIpc) is 2.92. The van der Waals surface area contributed by atoms with Crippen molar-refractivity contribution in [3.63, 3.8) is 0 Å². The predicted molar refractivity (Wildman–Crippen MR) is 53.7 cm³/mol. The van der Waals surface area contributed by atoms with Crippen LogP contribution in [0.15, 0.2) is 22.8 Å². The largest absolute Gasteiger partial charge is 0.465 e. The zero-order valence-corrected chi connectivity index (χ0v) is 8.48. The van der Waals surface area contributed by atoms with Gasteiger partial charge >= 0.3 is 5.97 Å². The van der Waals surface area contributed by atoms with Gasteiger partial charge < -0.3 is 18.6 Å². The number of esters is 1. The molecule has 16 heavy (non-hydrogen) atoms. The number of carbonyl (C=O) groups is 1. The van der Waals surface area contributed by atoms with E-state index < -0.39 is 5.97 Å². The van der Waals surface area contributed by atoms with Gasteiger partial charge in [-0.2, -0.15) is 0 Å². The van der Waals surface area contributed by atoms with Gasteiger partial charge in [0.1, 0.15) is 11.8 Å². The summed E-state index contributed by atoms with van der Waals surface area (Å²) in [6, 6.07) is 3.49. The van der Waals surface area contributed by atoms with Crippen LogP contribution in [0.2, 0.25) is 0 Å². The minimum Gasteiger partial charge on any atom is -0.465 e. The molecule has 0 saturated carbocycles. The van der Waals surface area contributed by atoms with E-state index >= 15 is 0 Å². The van der Waals surface area contributed by atoms with Crippen molar-refractivity contribution in [1.82, 2.24) is 0 Å². The summed E-state index contributed by atoms with van der Waals surface area (Å²) < 4.78 is 20.4. The van der Waals surface area contributed by atoms with Crippen LogP contribution in [0.3, 0.4) is 0 Å². The highest BCUT2D eigenvalue weighted by Crippen LogP contribution is 2.40. The van der Waals surface area contributed by atoms with Crippen LogP contribution in [0, 0.1) is 0 Å². The van der Waals surface area contributed by atoms with Gasteiger partial charge in [0.15, 0.2) is 11.3 Å². The number of ether oxygens (including phenoxy) is 3. The van der Waals surface area contributed by atoms with Gasteiger partial charge in [0.2, 0.25) is 12.5 Å². The number of rotatable bonds is 1. The number of fused-ring (bicyclic) bond motifs is 3. The van der Waals surface area contributed by atoms with Crippen LogP contribution >= 0.6 is 0 Å². The van der Waals surface area contributed by atoms with Gasteiger partial charge in [-0.3, -0.25) is 0 Å². The zero-order chi connectivity index (χ0) is 11.1. The molecule has 1 aromatic carbocycles. The van der Waals surface area contributed by atoms with Crippen molar-refractivity contribution in [3.05, 3.63) is 24.0 Å². The van der Waals surface area contributed by atoms with Crippen LogP contribution in [0.1, 0.15) is 10.4 Å². The Hall–Kier alpha value is -2.17. The molecule has 0 aliphatic carbocycles. The SMILES string of the molecule is COC(=O)c1coc2c3c(ccc12)OCO3. The topological polar surface area (TPSA) is 57.9 Å². The number of methoxy groups -OCH3 is 1. The molecule has 0 amide bonds. The summed E-state index contributed by atoms with van der Waals surface area (Å²) in [6.07, 6.45) is 1.36. The fourth-order valence-electron chi connectivity index (χ4n) is 1.73. The Balaban J connectivity index is 2.26. The van der Waals surface area contributed by atoms with E-state index in [4.69, 9.17) is 13.9 Å². The first-order chi connectivity index (χ1) is 7.81. The third kappa shape index (κ3) is 1.08. The lowest BCUT2D eigenvalue weighted by atomic mass is 10.1. The molecule has 0 bridgehead atoms. The summed E-state index contributed by atoms with van der Waals surface area (Å²) in [5.41, 5.74) is 0.895. The lowest BCUT2D eigenvalue weighted by Crippen LogP contribution is -1.99. The normalized spacial score (nSPS) is 13.1. The molecule has 2 aromatic rings. The molecule has 0 saturated heterocycles. The summed E-state index contributed by atoms with van der Waals surface area (Å²) in [5.74, 6) is 0.725. The van der Waals surface area contributed by atoms with Crippen LogP contribution in [0.25, 0.3) is 11.0 Å². The van der Waals surface area contributed by atoms with E-state index in [-0.39, 0.29) is 6.79 Å². The van der Waals surface area contributed by atoms with Gasteiger partial charge in [-0.1, -0.05) is 0 Å². The predicted octanol–water partition coefficient (Wildman–Crippen LogP) is 1.95. The minimum atomic E-state index is -0.433. The van der Waals surface area contributed by atoms with E-state index in [1.54, 1.807) is 12.1 Å². The van der Waals surface area contributed by atoms with E-state index in [9.17, 15) is 4.79 Å². The minimum absolute atomic E-state index is 0.169. The smallest absolute Gasteiger partial charge is 0.341 e. The molecule has 82 valence electrons. The van der Waals surface area contributed by atoms with Crippen molar-refractivity contribution in [2.45, 2.75) is 0 Å². The Bertz CT molecular complexity index is 569. The van der Waals surface area contributed by atoms with Crippen molar-refractivity contribution < 1.29 is 23.4 Å². The quantitative estimate of drug-likeness (QED) is 0.687. The molecule has 1 aliphatic heterocycles. The fourth-order valence-corrected chi connectivity index (χ4v) is 1.73. The van der Waals surface area contributed by atoms with Crippen molar-refractivity contribution in [3.8, 4) is 11.5 Å². The molecule has 5 heteroatoms. The summed E-state index contributed by atoms with van der Waals surface area (Å²) in [7, 11) is 1.33. The molecule has 3 rings (SSSR count). The molecule has 2 heterocycles. The summed E-state index contributed by atoms with van der Waals surface area (Å²) in [6.45, 7) is 0.169. The summed E-state index contributed by atoms with van der Waals surface area (Å²) >= 11 is 0. The number of carbonyl (C=O) groups excluding carboxylic acids is 1. The molecule has 0 radical (unpaired) electrons. The van der Waals surface area contributed by atoms with Gasteiger partial charge in [0, 0.05) is 5.39 Å². The summed E-state index contributed by atoms with van der Waals surface area (Å²) in [4.78, 5) is 11.4. The maximum Gasteiger partial charge on any atom is 0.341 e. The molecule has 1 aromatic heterocycles. The number of benzene rings is 1. The molecule has 0 atom stereocenters. The summed E-state index contributed by atoms with van der Waals surface area (Å²) in [5, 5.41) is 0.663. The van der Waals surface area contributed by atoms with E-state index in [1.807, 2.05) is 0 Å². The third-order valence-electron chi connectivity index (χ3n) is 2.48. The Labute approximate surface area is 90.5 Å². The maximum absolute atomic E-state index is 11.4. The Kier molecular flexibility index (Phi) is 1.80. The van der Waals surface area contributed by atoms with Gasteiger partial charge in [-0.05, 0) is 12.1 Å². The Morgan fingerprint density at radius 2 is 2.25 bits per heavy atom. The standard InChI is InChI=1S/C11H8O5/c1-13-11(12)7-4-14-9-6(7)2-3-8-10(9)16-5-15-8/h2-4H,5H2,1H3. The highest BCUT2D eigenvalue weighted by molar-refractivity contribution is 6.05. The highest BCUT2D eigenvalue weighted by Gasteiger charge is 2.23. The first-order valence-corrected chi connectivity index (χ1v) is 4.69. The maximum atomic E-state index is 11.4. The van der Waals surface area contributed by atoms with Gasteiger partial charge in [0.25, 0.3) is 0 Å². The lowest BCUT2D eigenvalue weighted by molar-refractivity contribution is 0.0602.